The van der Waals surface area contributed by atoms with Gasteiger partial charge in [0.25, 0.3) is 0 Å². The van der Waals surface area contributed by atoms with Crippen molar-refractivity contribution in [2.24, 2.45) is 0 Å². The summed E-state index contributed by atoms with van der Waals surface area (Å²) < 4.78 is 7.46. The summed E-state index contributed by atoms with van der Waals surface area (Å²) in [6, 6.07) is 27.8. The van der Waals surface area contributed by atoms with Crippen LogP contribution in [0.1, 0.15) is 49.7 Å². The van der Waals surface area contributed by atoms with E-state index in [9.17, 15) is 0 Å². The van der Waals surface area contributed by atoms with E-state index in [0.717, 1.165) is 25.3 Å². The number of anilines is 1. The van der Waals surface area contributed by atoms with Crippen LogP contribution >= 0.6 is 11.3 Å². The molecule has 3 saturated heterocycles. The lowest BCUT2D eigenvalue weighted by Gasteiger charge is -2.30. The van der Waals surface area contributed by atoms with Gasteiger partial charge in [-0.2, -0.15) is 0 Å². The van der Waals surface area contributed by atoms with E-state index in [1.165, 1.54) is 115 Å². The molecule has 7 rings (SSSR count). The Labute approximate surface area is 249 Å². The number of ether oxygens (including phenoxy) is 1. The van der Waals surface area contributed by atoms with Crippen molar-refractivity contribution < 1.29 is 4.74 Å². The lowest BCUT2D eigenvalue weighted by atomic mass is 9.98. The van der Waals surface area contributed by atoms with Gasteiger partial charge in [-0.25, -0.2) is 0 Å². The number of nitrogens with zero attached hydrogens (tertiary/aromatic N) is 3. The maximum atomic E-state index is 6.10. The molecular weight excluding hydrogens is 522 g/mol. The number of rotatable bonds is 10. The topological polar surface area (TPSA) is 19.0 Å². The maximum absolute atomic E-state index is 6.10. The number of hydrogen-bond donors (Lipinski definition) is 0. The van der Waals surface area contributed by atoms with Gasteiger partial charge in [0.2, 0.25) is 0 Å². The minimum absolute atomic E-state index is 0.665. The number of fused-ring (bicyclic) bond motifs is 1. The third-order valence-electron chi connectivity index (χ3n) is 9.38. The van der Waals surface area contributed by atoms with Crippen LogP contribution in [-0.4, -0.2) is 68.3 Å². The second-order valence-corrected chi connectivity index (χ2v) is 13.2. The highest BCUT2D eigenvalue weighted by molar-refractivity contribution is 7.22. The summed E-state index contributed by atoms with van der Waals surface area (Å²) in [5.74, 6) is 0.969. The van der Waals surface area contributed by atoms with Crippen LogP contribution in [0.5, 0.6) is 5.75 Å². The first-order chi connectivity index (χ1) is 20.3. The molecule has 1 atom stereocenters. The predicted molar refractivity (Wildman–Crippen MR) is 174 cm³/mol. The van der Waals surface area contributed by atoms with Gasteiger partial charge < -0.3 is 14.5 Å². The van der Waals surface area contributed by atoms with Crippen LogP contribution in [0.2, 0.25) is 0 Å². The molecule has 41 heavy (non-hydrogen) atoms. The molecule has 5 heteroatoms. The van der Waals surface area contributed by atoms with Gasteiger partial charge in [-0.1, -0.05) is 30.3 Å². The van der Waals surface area contributed by atoms with Crippen LogP contribution < -0.4 is 9.64 Å². The highest BCUT2D eigenvalue weighted by Crippen LogP contribution is 2.40. The minimum atomic E-state index is 0.665. The van der Waals surface area contributed by atoms with E-state index in [4.69, 9.17) is 4.74 Å². The van der Waals surface area contributed by atoms with Gasteiger partial charge in [-0.3, -0.25) is 4.90 Å². The van der Waals surface area contributed by atoms with Gasteiger partial charge >= 0.3 is 0 Å². The average molecular weight is 566 g/mol. The maximum Gasteiger partial charge on any atom is 0.119 e. The molecule has 0 amide bonds. The summed E-state index contributed by atoms with van der Waals surface area (Å²) >= 11 is 1.92. The molecule has 3 aromatic carbocycles. The number of likely N-dealkylation sites (tertiary alicyclic amines) is 2. The lowest BCUT2D eigenvalue weighted by molar-refractivity contribution is 0.238. The third kappa shape index (κ3) is 6.18. The van der Waals surface area contributed by atoms with Crippen LogP contribution in [-0.2, 0) is 6.42 Å². The Morgan fingerprint density at radius 1 is 0.732 bits per heavy atom. The van der Waals surface area contributed by atoms with Crippen molar-refractivity contribution in [3.63, 3.8) is 0 Å². The fourth-order valence-corrected chi connectivity index (χ4v) is 8.37. The molecule has 4 aromatic rings. The number of hydrogen-bond acceptors (Lipinski definition) is 5. The first kappa shape index (κ1) is 27.0. The fourth-order valence-electron chi connectivity index (χ4n) is 7.15. The summed E-state index contributed by atoms with van der Waals surface area (Å²) in [5, 5.41) is 1.38. The molecule has 3 aliphatic heterocycles. The van der Waals surface area contributed by atoms with Crippen LogP contribution in [0.3, 0.4) is 0 Å². The van der Waals surface area contributed by atoms with Crippen molar-refractivity contribution in [1.29, 1.82) is 0 Å². The second kappa shape index (κ2) is 12.6. The predicted octanol–water partition coefficient (Wildman–Crippen LogP) is 7.70. The lowest BCUT2D eigenvalue weighted by Crippen LogP contribution is -2.39. The number of benzene rings is 3. The van der Waals surface area contributed by atoms with Gasteiger partial charge in [0, 0.05) is 40.9 Å². The molecule has 0 radical (unpaired) electrons. The Hall–Kier alpha value is -2.86. The second-order valence-electron chi connectivity index (χ2n) is 12.2. The van der Waals surface area contributed by atoms with E-state index < -0.39 is 0 Å². The van der Waals surface area contributed by atoms with Crippen LogP contribution in [0.4, 0.5) is 5.69 Å². The Morgan fingerprint density at radius 3 is 2.24 bits per heavy atom. The van der Waals surface area contributed by atoms with Crippen LogP contribution in [0, 0.1) is 0 Å². The molecule has 0 saturated carbocycles. The molecule has 0 bridgehead atoms. The standard InChI is InChI=1S/C36H43N3OS/c1-2-10-35-33(9-1)34(36(41-35)29-13-17-32(18-14-29)40-25-24-37-19-3-4-20-37)26-28-11-15-30(16-12-28)39-23-7-8-31(39)27-38-21-5-6-22-38/h1-2,9-18,31H,3-8,19-27H2. The molecular formula is C36H43N3OS. The summed E-state index contributed by atoms with van der Waals surface area (Å²) in [6.07, 6.45) is 8.99. The molecule has 1 aromatic heterocycles. The molecule has 1 unspecified atom stereocenters. The average Bonchev–Trinajstić information content (AvgIpc) is 3.83. The first-order valence-corrected chi connectivity index (χ1v) is 16.7. The highest BCUT2D eigenvalue weighted by Gasteiger charge is 2.27. The summed E-state index contributed by atoms with van der Waals surface area (Å²) in [6.45, 7) is 9.22. The normalized spacial score (nSPS) is 20.0. The monoisotopic (exact) mass is 565 g/mol. The van der Waals surface area contributed by atoms with Crippen LogP contribution in [0.25, 0.3) is 20.5 Å². The Balaban J connectivity index is 1.07. The molecule has 0 aliphatic carbocycles. The van der Waals surface area contributed by atoms with Crippen molar-refractivity contribution in [3.8, 4) is 16.2 Å². The summed E-state index contributed by atoms with van der Waals surface area (Å²) in [4.78, 5) is 9.22. The zero-order chi connectivity index (χ0) is 27.4. The van der Waals surface area contributed by atoms with Gasteiger partial charge in [0.05, 0.1) is 0 Å². The molecule has 3 aliphatic rings. The van der Waals surface area contributed by atoms with Crippen molar-refractivity contribution in [3.05, 3.63) is 83.9 Å². The smallest absolute Gasteiger partial charge is 0.119 e. The van der Waals surface area contributed by atoms with Gasteiger partial charge in [-0.05, 0) is 136 Å². The van der Waals surface area contributed by atoms with Crippen molar-refractivity contribution in [1.82, 2.24) is 9.80 Å². The molecule has 4 nitrogen and oxygen atoms in total. The third-order valence-corrected chi connectivity index (χ3v) is 10.6. The highest BCUT2D eigenvalue weighted by atomic mass is 32.1. The van der Waals surface area contributed by atoms with Gasteiger partial charge in [-0.15, -0.1) is 11.3 Å². The molecule has 3 fully saturated rings. The summed E-state index contributed by atoms with van der Waals surface area (Å²) in [5.41, 5.74) is 5.50. The van der Waals surface area contributed by atoms with Gasteiger partial charge in [0.1, 0.15) is 12.4 Å². The largest absolute Gasteiger partial charge is 0.492 e. The van der Waals surface area contributed by atoms with Crippen LogP contribution in [0.15, 0.2) is 72.8 Å². The van der Waals surface area contributed by atoms with E-state index in [1.807, 2.05) is 11.3 Å². The minimum Gasteiger partial charge on any atom is -0.492 e. The summed E-state index contributed by atoms with van der Waals surface area (Å²) in [7, 11) is 0. The Bertz CT molecular complexity index is 1420. The van der Waals surface area contributed by atoms with Crippen molar-refractivity contribution in [2.45, 2.75) is 51.0 Å². The van der Waals surface area contributed by atoms with E-state index in [1.54, 1.807) is 0 Å². The zero-order valence-corrected chi connectivity index (χ0v) is 25.1. The van der Waals surface area contributed by atoms with Crippen molar-refractivity contribution in [2.75, 3.05) is 57.3 Å². The van der Waals surface area contributed by atoms with E-state index in [-0.39, 0.29) is 0 Å². The molecule has 214 valence electrons. The molecule has 0 N–H and O–H groups in total. The number of thiophene rings is 1. The van der Waals surface area contributed by atoms with E-state index in [2.05, 4.69) is 87.5 Å². The SMILES string of the molecule is c1ccc2c(Cc3ccc(N4CCCC4CN4CCCC4)cc3)c(-c3ccc(OCCN4CCCC4)cc3)sc2c1. The van der Waals surface area contributed by atoms with Crippen molar-refractivity contribution >= 4 is 27.1 Å². The van der Waals surface area contributed by atoms with Gasteiger partial charge in [0.15, 0.2) is 0 Å². The zero-order valence-electron chi connectivity index (χ0n) is 24.3. The molecule has 4 heterocycles. The van der Waals surface area contributed by atoms with E-state index in [0.29, 0.717) is 6.04 Å². The first-order valence-electron chi connectivity index (χ1n) is 15.8. The van der Waals surface area contributed by atoms with E-state index >= 15 is 0 Å². The fraction of sp³-hybridized carbons (Fsp3) is 0.444. The Morgan fingerprint density at radius 2 is 1.46 bits per heavy atom. The molecule has 0 spiro atoms. The Kier molecular flexibility index (Phi) is 8.27. The quantitative estimate of drug-likeness (QED) is 0.196.